The lowest BCUT2D eigenvalue weighted by Gasteiger charge is -2.28. The van der Waals surface area contributed by atoms with Crippen LogP contribution in [-0.4, -0.2) is 13.1 Å². The average molecular weight is 680 g/mol. The van der Waals surface area contributed by atoms with Crippen LogP contribution in [0, 0.1) is 5.37 Å². The molecule has 0 unspecified atom stereocenters. The van der Waals surface area contributed by atoms with E-state index in [0.29, 0.717) is 0 Å². The van der Waals surface area contributed by atoms with Gasteiger partial charge in [-0.15, -0.1) is 0 Å². The Morgan fingerprint density at radius 2 is 1.26 bits per heavy atom. The Morgan fingerprint density at radius 1 is 0.674 bits per heavy atom. The van der Waals surface area contributed by atoms with E-state index in [4.69, 9.17) is 23.2 Å². The van der Waals surface area contributed by atoms with Gasteiger partial charge in [0.2, 0.25) is 0 Å². The van der Waals surface area contributed by atoms with E-state index in [1.165, 1.54) is 48.4 Å². The van der Waals surface area contributed by atoms with E-state index in [-0.39, 0.29) is 0 Å². The Balaban J connectivity index is 1.31. The van der Waals surface area contributed by atoms with Crippen LogP contribution in [-0.2, 0) is 0 Å². The smallest absolute Gasteiger partial charge is 0.147 e. The zero-order valence-electron chi connectivity index (χ0n) is 25.8. The summed E-state index contributed by atoms with van der Waals surface area (Å²) in [5.41, 5.74) is 8.52. The molecule has 2 aliphatic heterocycles. The molecular weight excluding hydrogens is 645 g/mol. The number of para-hydroxylation sites is 2. The van der Waals surface area contributed by atoms with E-state index in [0.717, 1.165) is 47.4 Å². The topological polar surface area (TPSA) is 9.72 Å². The third-order valence-electron chi connectivity index (χ3n) is 8.40. The van der Waals surface area contributed by atoms with Gasteiger partial charge in [-0.3, -0.25) is 0 Å². The van der Waals surface area contributed by atoms with Gasteiger partial charge in [0, 0.05) is 44.3 Å². The first-order valence-electron chi connectivity index (χ1n) is 15.6. The van der Waals surface area contributed by atoms with Crippen molar-refractivity contribution in [1.82, 2.24) is 0 Å². The largest absolute Gasteiger partial charge is 0.349 e. The highest BCUT2D eigenvalue weighted by Crippen LogP contribution is 2.50. The van der Waals surface area contributed by atoms with E-state index in [1.54, 1.807) is 0 Å². The van der Waals surface area contributed by atoms with E-state index >= 15 is 0 Å². The number of nitrogens with zero attached hydrogens (tertiary/aromatic N) is 3. The van der Waals surface area contributed by atoms with Gasteiger partial charge in [0.1, 0.15) is 5.37 Å². The zero-order valence-corrected chi connectivity index (χ0v) is 28.9. The van der Waals surface area contributed by atoms with Crippen molar-refractivity contribution in [3.05, 3.63) is 159 Å². The maximum atomic E-state index is 6.39. The number of anilines is 4. The van der Waals surface area contributed by atoms with Crippen LogP contribution in [0.2, 0.25) is 10.0 Å². The number of fused-ring (bicyclic) bond motifs is 2. The van der Waals surface area contributed by atoms with Crippen LogP contribution in [0.5, 0.6) is 0 Å². The van der Waals surface area contributed by atoms with Crippen molar-refractivity contribution < 1.29 is 0 Å². The monoisotopic (exact) mass is 678 g/mol. The predicted molar refractivity (Wildman–Crippen MR) is 200 cm³/mol. The fourth-order valence-corrected chi connectivity index (χ4v) is 8.83. The third kappa shape index (κ3) is 6.14. The van der Waals surface area contributed by atoms with Crippen LogP contribution < -0.4 is 14.7 Å². The quantitative estimate of drug-likeness (QED) is 0.183. The first-order valence-corrected chi connectivity index (χ1v) is 18.0. The van der Waals surface area contributed by atoms with Crippen molar-refractivity contribution in [3.63, 3.8) is 0 Å². The molecule has 7 heteroatoms. The molecule has 0 spiro atoms. The fourth-order valence-electron chi connectivity index (χ4n) is 6.28. The van der Waals surface area contributed by atoms with Gasteiger partial charge in [-0.2, -0.15) is 0 Å². The van der Waals surface area contributed by atoms with Gasteiger partial charge in [0.15, 0.2) is 0 Å². The first-order chi connectivity index (χ1) is 22.5. The standard InChI is InChI=1S/C39H34Cl2N3S2/c1-3-42-33-25-29(40)19-21-35(33)45-37(42)23-17-27-15-16-28(18-24-38-43(4-2)34-26-30(41)20-22-36(34)46-38)39(27)44(31-11-7-5-8-12-31)32-13-9-6-10-14-32/h5-14,17-26H,3-4,15-16H2,1-2H3/b23-17+,28-18-,38-24+. The summed E-state index contributed by atoms with van der Waals surface area (Å²) in [6.07, 6.45) is 11.2. The van der Waals surface area contributed by atoms with Gasteiger partial charge >= 0.3 is 0 Å². The van der Waals surface area contributed by atoms with Crippen molar-refractivity contribution in [2.24, 2.45) is 0 Å². The van der Waals surface area contributed by atoms with Crippen molar-refractivity contribution >= 4 is 69.5 Å². The molecule has 0 amide bonds. The average Bonchev–Trinajstić information content (AvgIpc) is 3.75. The predicted octanol–water partition coefficient (Wildman–Crippen LogP) is 12.3. The second kappa shape index (κ2) is 13.7. The third-order valence-corrected chi connectivity index (χ3v) is 11.1. The van der Waals surface area contributed by atoms with Crippen molar-refractivity contribution in [3.8, 4) is 0 Å². The fraction of sp³-hybridized carbons (Fsp3) is 0.154. The van der Waals surface area contributed by atoms with Crippen LogP contribution in [0.1, 0.15) is 26.7 Å². The summed E-state index contributed by atoms with van der Waals surface area (Å²) >= 11 is 16.4. The Morgan fingerprint density at radius 3 is 1.87 bits per heavy atom. The Hall–Kier alpha value is -3.48. The molecule has 0 aromatic heterocycles. The van der Waals surface area contributed by atoms with Gasteiger partial charge in [-0.05, 0) is 111 Å². The van der Waals surface area contributed by atoms with Crippen LogP contribution in [0.4, 0.5) is 22.7 Å². The molecular formula is C39H34Cl2N3S2. The summed E-state index contributed by atoms with van der Waals surface area (Å²) in [6.45, 7) is 6.14. The number of hydrogen-bond acceptors (Lipinski definition) is 5. The summed E-state index contributed by atoms with van der Waals surface area (Å²) in [7, 11) is 0. The molecule has 7 rings (SSSR count). The molecule has 0 saturated heterocycles. The van der Waals surface area contributed by atoms with E-state index in [9.17, 15) is 0 Å². The molecule has 4 aromatic rings. The number of thioether (sulfide) groups is 2. The number of hydrogen-bond donors (Lipinski definition) is 0. The van der Waals surface area contributed by atoms with Gasteiger partial charge < -0.3 is 14.7 Å². The van der Waals surface area contributed by atoms with Crippen LogP contribution in [0.15, 0.2) is 153 Å². The second-order valence-corrected chi connectivity index (χ2v) is 14.2. The molecule has 0 fully saturated rings. The minimum absolute atomic E-state index is 0.766. The van der Waals surface area contributed by atoms with Gasteiger partial charge in [0.05, 0.1) is 22.1 Å². The number of allylic oxidation sites excluding steroid dienone is 5. The number of likely N-dealkylation sites (N-methyl/N-ethyl adjacent to an activating group) is 1. The molecule has 1 aliphatic carbocycles. The molecule has 1 radical (unpaired) electrons. The second-order valence-electron chi connectivity index (χ2n) is 11.2. The molecule has 2 heterocycles. The SMILES string of the molecule is CCN1[C](/C=C/C2=C(N(c3ccccc3)c3ccccc3)C(=C\C=C3\Sc4ccc(Cl)cc4N3CC)/CC2)Sc2ccc(Cl)cc21. The highest BCUT2D eigenvalue weighted by molar-refractivity contribution is 8.03. The molecule has 4 aromatic carbocycles. The maximum absolute atomic E-state index is 6.39. The lowest BCUT2D eigenvalue weighted by atomic mass is 10.1. The Labute approximate surface area is 290 Å². The van der Waals surface area contributed by atoms with Gasteiger partial charge in [0.25, 0.3) is 0 Å². The molecule has 3 aliphatic rings. The summed E-state index contributed by atoms with van der Waals surface area (Å²) in [5.74, 6) is 0. The number of halogens is 2. The zero-order chi connectivity index (χ0) is 31.6. The molecule has 46 heavy (non-hydrogen) atoms. The lowest BCUT2D eigenvalue weighted by Crippen LogP contribution is -2.21. The van der Waals surface area contributed by atoms with Crippen molar-refractivity contribution in [2.45, 2.75) is 36.5 Å². The summed E-state index contributed by atoms with van der Waals surface area (Å²) in [4.78, 5) is 9.61. The molecule has 0 N–H and O–H groups in total. The minimum atomic E-state index is 0.766. The Kier molecular flexibility index (Phi) is 9.28. The Bertz CT molecular complexity index is 1830. The highest BCUT2D eigenvalue weighted by atomic mass is 35.5. The van der Waals surface area contributed by atoms with Crippen LogP contribution in [0.25, 0.3) is 0 Å². The van der Waals surface area contributed by atoms with Crippen LogP contribution in [0.3, 0.4) is 0 Å². The van der Waals surface area contributed by atoms with E-state index in [2.05, 4.69) is 138 Å². The normalized spacial score (nSPS) is 18.0. The van der Waals surface area contributed by atoms with Crippen LogP contribution >= 0.6 is 46.7 Å². The van der Waals surface area contributed by atoms with Crippen molar-refractivity contribution in [2.75, 3.05) is 27.8 Å². The summed E-state index contributed by atoms with van der Waals surface area (Å²) in [6, 6.07) is 33.8. The number of benzene rings is 4. The van der Waals surface area contributed by atoms with Gasteiger partial charge in [-0.1, -0.05) is 95.3 Å². The highest BCUT2D eigenvalue weighted by Gasteiger charge is 2.31. The lowest BCUT2D eigenvalue weighted by molar-refractivity contribution is 0.957. The van der Waals surface area contributed by atoms with Gasteiger partial charge in [-0.25, -0.2) is 0 Å². The molecule has 0 saturated carbocycles. The summed E-state index contributed by atoms with van der Waals surface area (Å²) < 4.78 is 0. The molecule has 0 bridgehead atoms. The molecule has 3 nitrogen and oxygen atoms in total. The van der Waals surface area contributed by atoms with E-state index < -0.39 is 0 Å². The maximum Gasteiger partial charge on any atom is 0.147 e. The van der Waals surface area contributed by atoms with Crippen molar-refractivity contribution in [1.29, 1.82) is 0 Å². The van der Waals surface area contributed by atoms with E-state index in [1.807, 2.05) is 35.7 Å². The molecule has 0 atom stereocenters. The summed E-state index contributed by atoms with van der Waals surface area (Å²) in [5, 5.41) is 3.97. The first kappa shape index (κ1) is 31.1. The molecule has 231 valence electrons. The number of rotatable bonds is 8. The minimum Gasteiger partial charge on any atom is -0.349 e.